The highest BCUT2D eigenvalue weighted by Crippen LogP contribution is 2.43. The summed E-state index contributed by atoms with van der Waals surface area (Å²) in [5.74, 6) is 0.790. The molecule has 0 aliphatic carbocycles. The molecule has 3 aromatic rings. The quantitative estimate of drug-likeness (QED) is 0.242. The number of aliphatic hydroxyl groups excluding tert-OH is 2. The number of aliphatic hydroxyl groups is 2. The van der Waals surface area contributed by atoms with Crippen LogP contribution in [0.25, 0.3) is 0 Å². The molecule has 0 aliphatic heterocycles. The maximum absolute atomic E-state index is 14.5. The monoisotopic (exact) mass is 504 g/mol. The summed E-state index contributed by atoms with van der Waals surface area (Å²) in [6.45, 7) is 1.76. The smallest absolute Gasteiger partial charge is 0.171 e. The first-order valence-electron chi connectivity index (χ1n) is 11.3. The minimum atomic E-state index is -3.30. The van der Waals surface area contributed by atoms with E-state index in [1.165, 1.54) is 12.1 Å². The van der Waals surface area contributed by atoms with Gasteiger partial charge in [0.05, 0.1) is 39.6 Å². The highest BCUT2D eigenvalue weighted by molar-refractivity contribution is 7.85. The molecule has 0 radical (unpaired) electrons. The summed E-state index contributed by atoms with van der Waals surface area (Å²) in [6, 6.07) is 19.6. The van der Waals surface area contributed by atoms with E-state index in [4.69, 9.17) is 29.2 Å². The summed E-state index contributed by atoms with van der Waals surface area (Å²) in [5.41, 5.74) is 0. The van der Waals surface area contributed by atoms with Crippen LogP contribution in [0.15, 0.2) is 72.8 Å². The summed E-state index contributed by atoms with van der Waals surface area (Å²) >= 11 is 0. The third kappa shape index (κ3) is 7.62. The van der Waals surface area contributed by atoms with Crippen LogP contribution in [0.4, 0.5) is 4.39 Å². The lowest BCUT2D eigenvalue weighted by Crippen LogP contribution is -2.25. The molecule has 7 nitrogen and oxygen atoms in total. The predicted octanol–water partition coefficient (Wildman–Crippen LogP) is 2.24. The van der Waals surface area contributed by atoms with Crippen LogP contribution in [0.5, 0.6) is 11.5 Å². The Balaban J connectivity index is 1.79. The van der Waals surface area contributed by atoms with Crippen molar-refractivity contribution in [3.8, 4) is 11.5 Å². The highest BCUT2D eigenvalue weighted by atomic mass is 31.2. The van der Waals surface area contributed by atoms with Gasteiger partial charge < -0.3 is 33.7 Å². The molecule has 0 heterocycles. The molecule has 0 aliphatic rings. The molecule has 0 fully saturated rings. The molecule has 3 aromatic carbocycles. The molecule has 188 valence electrons. The Labute approximate surface area is 204 Å². The van der Waals surface area contributed by atoms with Crippen LogP contribution in [0.2, 0.25) is 0 Å². The molecule has 3 rings (SSSR count). The zero-order chi connectivity index (χ0) is 24.9. The van der Waals surface area contributed by atoms with E-state index < -0.39 is 13.0 Å². The Kier molecular flexibility index (Phi) is 10.7. The lowest BCUT2D eigenvalue weighted by molar-refractivity contribution is 0.0705. The minimum Gasteiger partial charge on any atom is -0.491 e. The van der Waals surface area contributed by atoms with Crippen molar-refractivity contribution in [1.82, 2.24) is 0 Å². The molecule has 35 heavy (non-hydrogen) atoms. The van der Waals surface area contributed by atoms with Gasteiger partial charge >= 0.3 is 0 Å². The second-order valence-corrected chi connectivity index (χ2v) is 10.2. The van der Waals surface area contributed by atoms with Gasteiger partial charge in [-0.25, -0.2) is 4.39 Å². The van der Waals surface area contributed by atoms with Crippen molar-refractivity contribution in [1.29, 1.82) is 0 Å². The average molecular weight is 504 g/mol. The maximum atomic E-state index is 14.5. The molecule has 0 amide bonds. The van der Waals surface area contributed by atoms with Crippen molar-refractivity contribution in [3.05, 3.63) is 78.6 Å². The van der Waals surface area contributed by atoms with Gasteiger partial charge in [-0.3, -0.25) is 0 Å². The Hall–Kier alpha value is -2.74. The van der Waals surface area contributed by atoms with Crippen LogP contribution in [0, 0.1) is 5.82 Å². The number of hydrogen-bond donors (Lipinski definition) is 2. The second kappa shape index (κ2) is 14.0. The third-order valence-corrected chi connectivity index (χ3v) is 8.13. The summed E-state index contributed by atoms with van der Waals surface area (Å²) in [7, 11) is -3.30. The van der Waals surface area contributed by atoms with Crippen LogP contribution in [-0.4, -0.2) is 63.1 Å². The number of halogens is 1. The van der Waals surface area contributed by atoms with E-state index in [1.807, 2.05) is 0 Å². The first kappa shape index (κ1) is 26.9. The molecule has 0 bridgehead atoms. The van der Waals surface area contributed by atoms with Crippen molar-refractivity contribution in [2.24, 2.45) is 0 Å². The Morgan fingerprint density at radius 2 is 0.943 bits per heavy atom. The molecule has 9 heteroatoms. The topological polar surface area (TPSA) is 94.5 Å². The van der Waals surface area contributed by atoms with Crippen LogP contribution < -0.4 is 25.4 Å². The predicted molar refractivity (Wildman–Crippen MR) is 133 cm³/mol. The molecule has 0 saturated heterocycles. The Morgan fingerprint density at radius 1 is 0.571 bits per heavy atom. The minimum absolute atomic E-state index is 0.0421. The Morgan fingerprint density at radius 3 is 1.31 bits per heavy atom. The van der Waals surface area contributed by atoms with Gasteiger partial charge in [-0.2, -0.15) is 0 Å². The standard InChI is InChI=1S/C26H30FO7P/c27-21-1-7-24(8-2-21)35(30,25-9-3-22(4-10-25)33-19-17-31-15-13-28)26-11-5-23(6-12-26)34-20-18-32-16-14-29/h1-12,28-29H,13-20H2. The van der Waals surface area contributed by atoms with Gasteiger partial charge in [-0.15, -0.1) is 0 Å². The average Bonchev–Trinajstić information content (AvgIpc) is 2.89. The van der Waals surface area contributed by atoms with Gasteiger partial charge in [0.15, 0.2) is 7.14 Å². The van der Waals surface area contributed by atoms with E-state index in [-0.39, 0.29) is 26.4 Å². The first-order valence-corrected chi connectivity index (χ1v) is 13.0. The Bertz CT molecular complexity index is 995. The molecule has 2 N–H and O–H groups in total. The largest absolute Gasteiger partial charge is 0.491 e. The van der Waals surface area contributed by atoms with Gasteiger partial charge in [-0.1, -0.05) is 0 Å². The zero-order valence-electron chi connectivity index (χ0n) is 19.3. The van der Waals surface area contributed by atoms with Gasteiger partial charge in [-0.05, 0) is 72.8 Å². The summed E-state index contributed by atoms with van der Waals surface area (Å²) in [5, 5.41) is 19.2. The number of ether oxygens (including phenoxy) is 4. The van der Waals surface area contributed by atoms with Crippen molar-refractivity contribution in [3.63, 3.8) is 0 Å². The van der Waals surface area contributed by atoms with Crippen LogP contribution >= 0.6 is 7.14 Å². The third-order valence-electron chi connectivity index (χ3n) is 5.05. The molecular weight excluding hydrogens is 474 g/mol. The van der Waals surface area contributed by atoms with E-state index in [0.717, 1.165) is 0 Å². The number of rotatable bonds is 15. The van der Waals surface area contributed by atoms with Gasteiger partial charge in [0.25, 0.3) is 0 Å². The molecule has 0 atom stereocenters. The van der Waals surface area contributed by atoms with Crippen molar-refractivity contribution < 1.29 is 38.1 Å². The number of benzene rings is 3. The van der Waals surface area contributed by atoms with Crippen molar-refractivity contribution >= 4 is 23.1 Å². The van der Waals surface area contributed by atoms with E-state index >= 15 is 0 Å². The maximum Gasteiger partial charge on any atom is 0.171 e. The van der Waals surface area contributed by atoms with Gasteiger partial charge in [0.1, 0.15) is 30.5 Å². The highest BCUT2D eigenvalue weighted by Gasteiger charge is 2.30. The molecule has 0 unspecified atom stereocenters. The fourth-order valence-corrected chi connectivity index (χ4v) is 5.97. The van der Waals surface area contributed by atoms with E-state index in [9.17, 15) is 8.96 Å². The van der Waals surface area contributed by atoms with Gasteiger partial charge in [0, 0.05) is 15.9 Å². The van der Waals surface area contributed by atoms with E-state index in [1.54, 1.807) is 60.7 Å². The molecular formula is C26H30FO7P. The summed E-state index contributed by atoms with van der Waals surface area (Å²) in [4.78, 5) is 0. The molecule has 0 spiro atoms. The molecule has 0 saturated carbocycles. The number of hydrogen-bond acceptors (Lipinski definition) is 7. The van der Waals surface area contributed by atoms with E-state index in [0.29, 0.717) is 53.8 Å². The van der Waals surface area contributed by atoms with Crippen LogP contribution in [-0.2, 0) is 14.0 Å². The SMILES string of the molecule is O=P(c1ccc(F)cc1)(c1ccc(OCCOCCO)cc1)c1ccc(OCCOCCO)cc1. The summed E-state index contributed by atoms with van der Waals surface area (Å²) in [6.07, 6.45) is 0. The summed E-state index contributed by atoms with van der Waals surface area (Å²) < 4.78 is 49.8. The zero-order valence-corrected chi connectivity index (χ0v) is 20.2. The first-order chi connectivity index (χ1) is 17.1. The van der Waals surface area contributed by atoms with Crippen molar-refractivity contribution in [2.75, 3.05) is 52.9 Å². The van der Waals surface area contributed by atoms with Gasteiger partial charge in [0.2, 0.25) is 0 Å². The van der Waals surface area contributed by atoms with Crippen LogP contribution in [0.1, 0.15) is 0 Å². The molecule has 0 aromatic heterocycles. The fraction of sp³-hybridized carbons (Fsp3) is 0.308. The van der Waals surface area contributed by atoms with Crippen molar-refractivity contribution in [2.45, 2.75) is 0 Å². The second-order valence-electron chi connectivity index (χ2n) is 7.44. The van der Waals surface area contributed by atoms with Crippen LogP contribution in [0.3, 0.4) is 0 Å². The lowest BCUT2D eigenvalue weighted by Gasteiger charge is -2.21. The van der Waals surface area contributed by atoms with E-state index in [2.05, 4.69) is 0 Å². The normalized spacial score (nSPS) is 11.4. The fourth-order valence-electron chi connectivity index (χ4n) is 3.37. The lowest BCUT2D eigenvalue weighted by atomic mass is 10.3.